The van der Waals surface area contributed by atoms with Gasteiger partial charge in [0.25, 0.3) is 5.91 Å². The number of benzene rings is 1. The summed E-state index contributed by atoms with van der Waals surface area (Å²) in [4.78, 5) is 14.4. The van der Waals surface area contributed by atoms with Gasteiger partial charge in [-0.15, -0.1) is 0 Å². The summed E-state index contributed by atoms with van der Waals surface area (Å²) in [6, 6.07) is 9.46. The van der Waals surface area contributed by atoms with Crippen LogP contribution in [0.4, 0.5) is 0 Å². The van der Waals surface area contributed by atoms with Gasteiger partial charge in [-0.05, 0) is 37.4 Å². The standard InChI is InChI=1S/C16H20N2O2/c1-12-5-4-8-18(10-12)11-17-16(19)15-9-13-6-2-3-7-14(13)20-15/h2-3,6-7,9,12H,4-5,8,10-11H2,1H3,(H,17,19). The van der Waals surface area contributed by atoms with E-state index in [2.05, 4.69) is 17.1 Å². The van der Waals surface area contributed by atoms with Crippen LogP contribution < -0.4 is 5.32 Å². The summed E-state index contributed by atoms with van der Waals surface area (Å²) in [7, 11) is 0. The topological polar surface area (TPSA) is 45.5 Å². The van der Waals surface area contributed by atoms with Gasteiger partial charge in [0.05, 0.1) is 6.67 Å². The van der Waals surface area contributed by atoms with Crippen molar-refractivity contribution in [3.8, 4) is 0 Å². The van der Waals surface area contributed by atoms with E-state index in [1.807, 2.05) is 24.3 Å². The number of rotatable bonds is 3. The zero-order chi connectivity index (χ0) is 13.9. The predicted molar refractivity (Wildman–Crippen MR) is 78.5 cm³/mol. The molecule has 4 heteroatoms. The van der Waals surface area contributed by atoms with Crippen LogP contribution in [0, 0.1) is 5.92 Å². The normalized spacial score (nSPS) is 20.1. The van der Waals surface area contributed by atoms with Crippen molar-refractivity contribution in [1.29, 1.82) is 0 Å². The fraction of sp³-hybridized carbons (Fsp3) is 0.438. The summed E-state index contributed by atoms with van der Waals surface area (Å²) in [6.45, 7) is 4.97. The van der Waals surface area contributed by atoms with E-state index in [-0.39, 0.29) is 5.91 Å². The van der Waals surface area contributed by atoms with Gasteiger partial charge in [-0.1, -0.05) is 25.1 Å². The lowest BCUT2D eigenvalue weighted by molar-refractivity contribution is 0.0875. The van der Waals surface area contributed by atoms with Crippen molar-refractivity contribution in [3.05, 3.63) is 36.1 Å². The Labute approximate surface area is 118 Å². The molecule has 1 fully saturated rings. The van der Waals surface area contributed by atoms with Crippen LogP contribution in [0.3, 0.4) is 0 Å². The lowest BCUT2D eigenvalue weighted by Gasteiger charge is -2.30. The number of hydrogen-bond donors (Lipinski definition) is 1. The summed E-state index contributed by atoms with van der Waals surface area (Å²) in [6.07, 6.45) is 2.50. The number of fused-ring (bicyclic) bond motifs is 1. The number of nitrogens with one attached hydrogen (secondary N) is 1. The third-order valence-corrected chi connectivity index (χ3v) is 3.85. The molecule has 20 heavy (non-hydrogen) atoms. The van der Waals surface area contributed by atoms with Crippen LogP contribution in [-0.4, -0.2) is 30.6 Å². The van der Waals surface area contributed by atoms with Crippen molar-refractivity contribution in [3.63, 3.8) is 0 Å². The average Bonchev–Trinajstić information content (AvgIpc) is 2.89. The molecular weight excluding hydrogens is 252 g/mol. The van der Waals surface area contributed by atoms with Crippen molar-refractivity contribution < 1.29 is 9.21 Å². The van der Waals surface area contributed by atoms with Crippen LogP contribution in [0.25, 0.3) is 11.0 Å². The Bertz CT molecular complexity index is 572. The van der Waals surface area contributed by atoms with Gasteiger partial charge >= 0.3 is 0 Å². The van der Waals surface area contributed by atoms with Gasteiger partial charge in [-0.3, -0.25) is 9.69 Å². The highest BCUT2D eigenvalue weighted by Gasteiger charge is 2.18. The molecule has 106 valence electrons. The van der Waals surface area contributed by atoms with E-state index in [1.54, 1.807) is 6.07 Å². The van der Waals surface area contributed by atoms with Gasteiger partial charge in [0, 0.05) is 11.9 Å². The van der Waals surface area contributed by atoms with Crippen molar-refractivity contribution in [1.82, 2.24) is 10.2 Å². The Morgan fingerprint density at radius 2 is 2.30 bits per heavy atom. The van der Waals surface area contributed by atoms with E-state index in [0.717, 1.165) is 24.1 Å². The maximum atomic E-state index is 12.1. The largest absolute Gasteiger partial charge is 0.451 e. The van der Waals surface area contributed by atoms with Crippen molar-refractivity contribution in [2.75, 3.05) is 19.8 Å². The van der Waals surface area contributed by atoms with Crippen molar-refractivity contribution >= 4 is 16.9 Å². The van der Waals surface area contributed by atoms with Crippen molar-refractivity contribution in [2.24, 2.45) is 5.92 Å². The Kier molecular flexibility index (Phi) is 3.74. The number of hydrogen-bond acceptors (Lipinski definition) is 3. The van der Waals surface area contributed by atoms with E-state index < -0.39 is 0 Å². The van der Waals surface area contributed by atoms with E-state index >= 15 is 0 Å². The van der Waals surface area contributed by atoms with Gasteiger partial charge < -0.3 is 9.73 Å². The van der Waals surface area contributed by atoms with Crippen LogP contribution >= 0.6 is 0 Å². The van der Waals surface area contributed by atoms with E-state index in [9.17, 15) is 4.79 Å². The SMILES string of the molecule is CC1CCCN(CNC(=O)c2cc3ccccc3o2)C1. The van der Waals surface area contributed by atoms with Crippen LogP contribution in [0.1, 0.15) is 30.3 Å². The molecular formula is C16H20N2O2. The monoisotopic (exact) mass is 272 g/mol. The summed E-state index contributed by atoms with van der Waals surface area (Å²) in [5, 5.41) is 3.91. The van der Waals surface area contributed by atoms with Crippen LogP contribution in [0.5, 0.6) is 0 Å². The molecule has 1 N–H and O–H groups in total. The third kappa shape index (κ3) is 2.85. The van der Waals surface area contributed by atoms with Gasteiger partial charge in [-0.25, -0.2) is 0 Å². The molecule has 1 aliphatic rings. The maximum Gasteiger partial charge on any atom is 0.288 e. The zero-order valence-electron chi connectivity index (χ0n) is 11.8. The second kappa shape index (κ2) is 5.67. The summed E-state index contributed by atoms with van der Waals surface area (Å²) in [5.41, 5.74) is 0.754. The molecule has 3 rings (SSSR count). The van der Waals surface area contributed by atoms with E-state index in [4.69, 9.17) is 4.42 Å². The first-order valence-electron chi connectivity index (χ1n) is 7.21. The number of amides is 1. The minimum Gasteiger partial charge on any atom is -0.451 e. The molecule has 4 nitrogen and oxygen atoms in total. The minimum atomic E-state index is -0.139. The molecule has 1 unspecified atom stereocenters. The van der Waals surface area contributed by atoms with E-state index in [0.29, 0.717) is 18.3 Å². The lowest BCUT2D eigenvalue weighted by Crippen LogP contribution is -2.42. The van der Waals surface area contributed by atoms with Crippen LogP contribution in [0.2, 0.25) is 0 Å². The van der Waals surface area contributed by atoms with Crippen LogP contribution in [0.15, 0.2) is 34.7 Å². The highest BCUT2D eigenvalue weighted by Crippen LogP contribution is 2.19. The number of piperidine rings is 1. The quantitative estimate of drug-likeness (QED) is 0.934. The smallest absolute Gasteiger partial charge is 0.288 e. The Balaban J connectivity index is 1.61. The first kappa shape index (κ1) is 13.2. The second-order valence-corrected chi connectivity index (χ2v) is 5.64. The van der Waals surface area contributed by atoms with Gasteiger partial charge in [-0.2, -0.15) is 0 Å². The molecule has 0 aliphatic carbocycles. The highest BCUT2D eigenvalue weighted by atomic mass is 16.3. The molecule has 0 bridgehead atoms. The predicted octanol–water partition coefficient (Wildman–Crippen LogP) is 2.85. The molecule has 0 spiro atoms. The number of para-hydroxylation sites is 1. The van der Waals surface area contributed by atoms with Gasteiger partial charge in [0.15, 0.2) is 5.76 Å². The summed E-state index contributed by atoms with van der Waals surface area (Å²) >= 11 is 0. The fourth-order valence-electron chi connectivity index (χ4n) is 2.79. The lowest BCUT2D eigenvalue weighted by atomic mass is 10.0. The molecule has 2 heterocycles. The summed E-state index contributed by atoms with van der Waals surface area (Å²) in [5.74, 6) is 0.961. The molecule has 1 saturated heterocycles. The number of nitrogens with zero attached hydrogens (tertiary/aromatic N) is 1. The minimum absolute atomic E-state index is 0.139. The Morgan fingerprint density at radius 1 is 1.45 bits per heavy atom. The highest BCUT2D eigenvalue weighted by molar-refractivity contribution is 5.95. The van der Waals surface area contributed by atoms with Gasteiger partial charge in [0.2, 0.25) is 0 Å². The summed E-state index contributed by atoms with van der Waals surface area (Å²) < 4.78 is 5.56. The molecule has 0 radical (unpaired) electrons. The molecule has 2 aromatic rings. The first-order chi connectivity index (χ1) is 9.72. The average molecular weight is 272 g/mol. The molecule has 1 aromatic carbocycles. The number of likely N-dealkylation sites (tertiary alicyclic amines) is 1. The number of furan rings is 1. The second-order valence-electron chi connectivity index (χ2n) is 5.64. The zero-order valence-corrected chi connectivity index (χ0v) is 11.8. The Hall–Kier alpha value is -1.81. The molecule has 1 atom stereocenters. The maximum absolute atomic E-state index is 12.1. The number of carbonyl (C=O) groups excluding carboxylic acids is 1. The molecule has 1 aliphatic heterocycles. The van der Waals surface area contributed by atoms with Gasteiger partial charge in [0.1, 0.15) is 5.58 Å². The number of carbonyl (C=O) groups is 1. The molecule has 0 saturated carbocycles. The Morgan fingerprint density at radius 3 is 3.10 bits per heavy atom. The van der Waals surface area contributed by atoms with Crippen LogP contribution in [-0.2, 0) is 0 Å². The molecule has 1 aromatic heterocycles. The third-order valence-electron chi connectivity index (χ3n) is 3.85. The fourth-order valence-corrected chi connectivity index (χ4v) is 2.79. The van der Waals surface area contributed by atoms with Crippen molar-refractivity contribution in [2.45, 2.75) is 19.8 Å². The first-order valence-corrected chi connectivity index (χ1v) is 7.21. The van der Waals surface area contributed by atoms with E-state index in [1.165, 1.54) is 12.8 Å². The molecule has 1 amide bonds.